The number of carbonyl (C=O) groups is 2. The molecule has 3 rings (SSSR count). The Balaban J connectivity index is 2.07. The third kappa shape index (κ3) is 5.15. The summed E-state index contributed by atoms with van der Waals surface area (Å²) < 4.78 is 73.7. The molecule has 0 aliphatic heterocycles. The van der Waals surface area contributed by atoms with Gasteiger partial charge < -0.3 is 10.1 Å². The number of hydrogen-bond acceptors (Lipinski definition) is 4. The summed E-state index contributed by atoms with van der Waals surface area (Å²) in [6.45, 7) is 3.00. The third-order valence-corrected chi connectivity index (χ3v) is 4.83. The van der Waals surface area contributed by atoms with Crippen LogP contribution in [0.2, 0.25) is 0 Å². The van der Waals surface area contributed by atoms with Crippen LogP contribution in [0.15, 0.2) is 48.5 Å². The summed E-state index contributed by atoms with van der Waals surface area (Å²) in [5.74, 6) is -5.21. The molecule has 178 valence electrons. The van der Waals surface area contributed by atoms with Crippen LogP contribution in [0.1, 0.15) is 37.4 Å². The summed E-state index contributed by atoms with van der Waals surface area (Å²) >= 11 is 0. The third-order valence-electron chi connectivity index (χ3n) is 4.83. The van der Waals surface area contributed by atoms with Crippen LogP contribution < -0.4 is 15.5 Å². The minimum Gasteiger partial charge on any atom is -0.456 e. The van der Waals surface area contributed by atoms with Gasteiger partial charge in [-0.25, -0.2) is 14.3 Å². The smallest absolute Gasteiger partial charge is 0.419 e. The SMILES string of the molecule is Cc1cc(F)ccc1Oc1ccc(C(F)(F)F)c(F)c1C(=O)Nc1ccc(C)c(C(=O)NO)c1. The van der Waals surface area contributed by atoms with Crippen LogP contribution in [-0.4, -0.2) is 17.0 Å². The maximum Gasteiger partial charge on any atom is 0.419 e. The van der Waals surface area contributed by atoms with Crippen molar-refractivity contribution < 1.29 is 41.5 Å². The molecule has 0 spiro atoms. The van der Waals surface area contributed by atoms with Gasteiger partial charge in [-0.3, -0.25) is 14.8 Å². The fourth-order valence-corrected chi connectivity index (χ4v) is 3.12. The van der Waals surface area contributed by atoms with Crippen LogP contribution in [-0.2, 0) is 6.18 Å². The number of carbonyl (C=O) groups excluding carboxylic acids is 2. The molecule has 0 saturated carbocycles. The number of hydrogen-bond donors (Lipinski definition) is 3. The summed E-state index contributed by atoms with van der Waals surface area (Å²) in [7, 11) is 0. The Kier molecular flexibility index (Phi) is 6.87. The fourth-order valence-electron chi connectivity index (χ4n) is 3.12. The van der Waals surface area contributed by atoms with Crippen molar-refractivity contribution in [1.82, 2.24) is 5.48 Å². The average Bonchev–Trinajstić information content (AvgIpc) is 2.75. The van der Waals surface area contributed by atoms with Crippen LogP contribution in [0.25, 0.3) is 0 Å². The number of amides is 2. The molecular formula is C23H17F5N2O4. The molecule has 0 unspecified atom stereocenters. The Morgan fingerprint density at radius 3 is 2.18 bits per heavy atom. The number of nitrogens with one attached hydrogen (secondary N) is 2. The molecule has 0 aromatic heterocycles. The van der Waals surface area contributed by atoms with E-state index in [1.165, 1.54) is 30.6 Å². The van der Waals surface area contributed by atoms with E-state index in [0.29, 0.717) is 11.6 Å². The molecule has 0 radical (unpaired) electrons. The van der Waals surface area contributed by atoms with Crippen molar-refractivity contribution in [2.75, 3.05) is 5.32 Å². The van der Waals surface area contributed by atoms with Gasteiger partial charge in [-0.1, -0.05) is 6.07 Å². The molecular weight excluding hydrogens is 463 g/mol. The van der Waals surface area contributed by atoms with E-state index < -0.39 is 46.5 Å². The quantitative estimate of drug-likeness (QED) is 0.246. The number of alkyl halides is 3. The predicted octanol–water partition coefficient (Wildman–Crippen LogP) is 5.76. The number of rotatable bonds is 5. The van der Waals surface area contributed by atoms with Gasteiger partial charge in [-0.15, -0.1) is 0 Å². The highest BCUT2D eigenvalue weighted by atomic mass is 19.4. The molecule has 2 amide bonds. The molecule has 0 heterocycles. The largest absolute Gasteiger partial charge is 0.456 e. The second-order valence-corrected chi connectivity index (χ2v) is 7.23. The lowest BCUT2D eigenvalue weighted by Gasteiger charge is -2.17. The lowest BCUT2D eigenvalue weighted by atomic mass is 10.1. The maximum atomic E-state index is 15.0. The minimum atomic E-state index is -5.10. The van der Waals surface area contributed by atoms with E-state index in [4.69, 9.17) is 9.94 Å². The Morgan fingerprint density at radius 2 is 1.56 bits per heavy atom. The molecule has 3 aromatic rings. The summed E-state index contributed by atoms with van der Waals surface area (Å²) in [6, 6.07) is 8.40. The van der Waals surface area contributed by atoms with Crippen molar-refractivity contribution in [2.45, 2.75) is 20.0 Å². The molecule has 34 heavy (non-hydrogen) atoms. The first-order chi connectivity index (χ1) is 15.9. The topological polar surface area (TPSA) is 87.7 Å². The van der Waals surface area contributed by atoms with E-state index in [-0.39, 0.29) is 22.6 Å². The van der Waals surface area contributed by atoms with Crippen LogP contribution in [0.4, 0.5) is 27.6 Å². The van der Waals surface area contributed by atoms with Crippen molar-refractivity contribution >= 4 is 17.5 Å². The first-order valence-electron chi connectivity index (χ1n) is 9.62. The van der Waals surface area contributed by atoms with Crippen LogP contribution in [0.5, 0.6) is 11.5 Å². The summed E-state index contributed by atoms with van der Waals surface area (Å²) in [6.07, 6.45) is -5.10. The zero-order valence-electron chi connectivity index (χ0n) is 17.7. The summed E-state index contributed by atoms with van der Waals surface area (Å²) in [5, 5.41) is 11.1. The molecule has 3 N–H and O–H groups in total. The van der Waals surface area contributed by atoms with E-state index >= 15 is 0 Å². The number of halogens is 5. The molecule has 0 saturated heterocycles. The Hall–Kier alpha value is -3.99. The van der Waals surface area contributed by atoms with E-state index in [9.17, 15) is 31.5 Å². The number of aryl methyl sites for hydroxylation is 2. The van der Waals surface area contributed by atoms with Crippen LogP contribution in [0, 0.1) is 25.5 Å². The minimum absolute atomic E-state index is 0.00755. The Morgan fingerprint density at radius 1 is 0.882 bits per heavy atom. The lowest BCUT2D eigenvalue weighted by molar-refractivity contribution is -0.140. The standard InChI is InChI=1S/C23H17F5N2O4/c1-11-3-5-14(10-15(11)21(31)30-33)29-22(32)19-18(8-6-16(20(19)25)23(26,27)28)34-17-7-4-13(24)9-12(17)2/h3-10,33H,1-2H3,(H,29,32)(H,30,31). The van der Waals surface area contributed by atoms with E-state index in [0.717, 1.165) is 24.3 Å². The zero-order chi connectivity index (χ0) is 25.2. The molecule has 0 bridgehead atoms. The van der Waals surface area contributed by atoms with Gasteiger partial charge in [0.15, 0.2) is 5.82 Å². The lowest BCUT2D eigenvalue weighted by Crippen LogP contribution is -2.21. The van der Waals surface area contributed by atoms with Gasteiger partial charge in [0.25, 0.3) is 11.8 Å². The highest BCUT2D eigenvalue weighted by Gasteiger charge is 2.37. The molecule has 3 aromatic carbocycles. The van der Waals surface area contributed by atoms with Gasteiger partial charge in [0.1, 0.15) is 22.9 Å². The Labute approximate surface area is 189 Å². The first-order valence-corrected chi connectivity index (χ1v) is 9.62. The van der Waals surface area contributed by atoms with Crippen molar-refractivity contribution in [3.05, 3.63) is 88.0 Å². The second-order valence-electron chi connectivity index (χ2n) is 7.23. The van der Waals surface area contributed by atoms with E-state index in [2.05, 4.69) is 5.32 Å². The molecule has 0 aliphatic rings. The molecule has 6 nitrogen and oxygen atoms in total. The number of hydroxylamine groups is 1. The monoisotopic (exact) mass is 480 g/mol. The first kappa shape index (κ1) is 24.6. The number of benzene rings is 3. The molecule has 0 atom stereocenters. The van der Waals surface area contributed by atoms with Crippen molar-refractivity contribution in [2.24, 2.45) is 0 Å². The van der Waals surface area contributed by atoms with Gasteiger partial charge in [-0.2, -0.15) is 13.2 Å². The maximum absolute atomic E-state index is 15.0. The van der Waals surface area contributed by atoms with Gasteiger partial charge in [0, 0.05) is 11.3 Å². The van der Waals surface area contributed by atoms with Crippen molar-refractivity contribution in [3.8, 4) is 11.5 Å². The van der Waals surface area contributed by atoms with E-state index in [1.807, 2.05) is 0 Å². The van der Waals surface area contributed by atoms with E-state index in [1.54, 1.807) is 6.92 Å². The van der Waals surface area contributed by atoms with Crippen LogP contribution >= 0.6 is 0 Å². The number of ether oxygens (including phenoxy) is 1. The second kappa shape index (κ2) is 9.48. The highest BCUT2D eigenvalue weighted by Crippen LogP contribution is 2.38. The Bertz CT molecular complexity index is 1270. The van der Waals surface area contributed by atoms with Crippen LogP contribution in [0.3, 0.4) is 0 Å². The summed E-state index contributed by atoms with van der Waals surface area (Å²) in [4.78, 5) is 24.7. The van der Waals surface area contributed by atoms with Gasteiger partial charge in [0.2, 0.25) is 0 Å². The predicted molar refractivity (Wildman–Crippen MR) is 111 cm³/mol. The number of anilines is 1. The molecule has 0 aliphatic carbocycles. The van der Waals surface area contributed by atoms with Gasteiger partial charge in [-0.05, 0) is 67.4 Å². The molecule has 0 fully saturated rings. The van der Waals surface area contributed by atoms with Gasteiger partial charge >= 0.3 is 6.18 Å². The summed E-state index contributed by atoms with van der Waals surface area (Å²) in [5.41, 5.74) is -0.731. The van der Waals surface area contributed by atoms with Crippen molar-refractivity contribution in [3.63, 3.8) is 0 Å². The van der Waals surface area contributed by atoms with Gasteiger partial charge in [0.05, 0.1) is 5.56 Å². The fraction of sp³-hybridized carbons (Fsp3) is 0.130. The zero-order valence-corrected chi connectivity index (χ0v) is 17.7. The highest BCUT2D eigenvalue weighted by molar-refractivity contribution is 6.07. The van der Waals surface area contributed by atoms with Crippen molar-refractivity contribution in [1.29, 1.82) is 0 Å². The molecule has 11 heteroatoms. The average molecular weight is 480 g/mol. The normalized spacial score (nSPS) is 11.2.